The molecular weight excluding hydrogens is 342 g/mol. The summed E-state index contributed by atoms with van der Waals surface area (Å²) < 4.78 is 0. The van der Waals surface area contributed by atoms with Crippen molar-refractivity contribution in [1.29, 1.82) is 0 Å². The smallest absolute Gasteiger partial charge is 0.262 e. The number of halogens is 1. The molecule has 3 amide bonds. The first-order valence-electron chi connectivity index (χ1n) is 8.29. The van der Waals surface area contributed by atoms with Gasteiger partial charge < -0.3 is 11.1 Å². The number of hydrogen-bond acceptors (Lipinski definition) is 4. The van der Waals surface area contributed by atoms with Crippen LogP contribution < -0.4 is 11.1 Å². The molecule has 0 aromatic heterocycles. The Bertz CT molecular complexity index is 686. The van der Waals surface area contributed by atoms with Gasteiger partial charge in [-0.3, -0.25) is 19.3 Å². The molecule has 0 fully saturated rings. The van der Waals surface area contributed by atoms with Gasteiger partial charge >= 0.3 is 0 Å². The predicted molar refractivity (Wildman–Crippen MR) is 98.9 cm³/mol. The molecule has 1 aromatic rings. The van der Waals surface area contributed by atoms with Crippen LogP contribution in [0.3, 0.4) is 0 Å². The number of benzene rings is 1. The Hall–Kier alpha value is -1.92. The Morgan fingerprint density at radius 2 is 1.76 bits per heavy atom. The van der Waals surface area contributed by atoms with Crippen LogP contribution in [0.4, 0.5) is 0 Å². The zero-order valence-corrected chi connectivity index (χ0v) is 15.9. The second-order valence-corrected chi connectivity index (χ2v) is 6.49. The number of aryl methyl sites for hydroxylation is 1. The molecule has 1 atom stereocenters. The van der Waals surface area contributed by atoms with E-state index in [1.165, 1.54) is 0 Å². The Morgan fingerprint density at radius 3 is 2.32 bits per heavy atom. The minimum Gasteiger partial charge on any atom is -0.352 e. The molecule has 138 valence electrons. The maximum Gasteiger partial charge on any atom is 0.262 e. The topological polar surface area (TPSA) is 92.5 Å². The molecule has 0 spiro atoms. The van der Waals surface area contributed by atoms with Crippen LogP contribution in [0.5, 0.6) is 0 Å². The fourth-order valence-corrected chi connectivity index (χ4v) is 2.75. The van der Waals surface area contributed by atoms with Gasteiger partial charge in [0.2, 0.25) is 5.91 Å². The van der Waals surface area contributed by atoms with Gasteiger partial charge in [0.25, 0.3) is 11.8 Å². The summed E-state index contributed by atoms with van der Waals surface area (Å²) in [4.78, 5) is 38.4. The first-order valence-corrected chi connectivity index (χ1v) is 8.29. The fourth-order valence-electron chi connectivity index (χ4n) is 2.75. The van der Waals surface area contributed by atoms with Crippen LogP contribution in [0.1, 0.15) is 59.9 Å². The van der Waals surface area contributed by atoms with E-state index in [-0.39, 0.29) is 18.3 Å². The van der Waals surface area contributed by atoms with Crippen molar-refractivity contribution in [2.75, 3.05) is 6.54 Å². The van der Waals surface area contributed by atoms with Crippen LogP contribution in [-0.2, 0) is 4.79 Å². The van der Waals surface area contributed by atoms with E-state index < -0.39 is 23.4 Å². The van der Waals surface area contributed by atoms with Crippen LogP contribution in [-0.4, -0.2) is 40.7 Å². The first kappa shape index (κ1) is 21.1. The van der Waals surface area contributed by atoms with Crippen molar-refractivity contribution in [3.8, 4) is 0 Å². The Kier molecular flexibility index (Phi) is 6.74. The normalized spacial score (nSPS) is 14.8. The van der Waals surface area contributed by atoms with Gasteiger partial charge in [-0.1, -0.05) is 25.5 Å². The van der Waals surface area contributed by atoms with E-state index in [9.17, 15) is 14.4 Å². The predicted octanol–water partition coefficient (Wildman–Crippen LogP) is 2.04. The number of nitrogens with one attached hydrogen (secondary N) is 1. The number of fused-ring (bicyclic) bond motifs is 1. The van der Waals surface area contributed by atoms with Crippen LogP contribution in [0, 0.1) is 6.92 Å². The molecular formula is C18H26ClN3O3. The lowest BCUT2D eigenvalue weighted by Crippen LogP contribution is -2.54. The van der Waals surface area contributed by atoms with Crippen molar-refractivity contribution in [2.24, 2.45) is 5.73 Å². The lowest BCUT2D eigenvalue weighted by Gasteiger charge is -2.29. The molecule has 0 radical (unpaired) electrons. The number of carbonyl (C=O) groups is 3. The molecule has 1 aliphatic heterocycles. The number of hydrogen-bond donors (Lipinski definition) is 2. The van der Waals surface area contributed by atoms with E-state index >= 15 is 0 Å². The summed E-state index contributed by atoms with van der Waals surface area (Å²) in [6.07, 6.45) is 1.45. The van der Waals surface area contributed by atoms with Crippen LogP contribution in [0.15, 0.2) is 18.2 Å². The van der Waals surface area contributed by atoms with Gasteiger partial charge in [0.15, 0.2) is 0 Å². The van der Waals surface area contributed by atoms with E-state index in [0.29, 0.717) is 17.7 Å². The highest BCUT2D eigenvalue weighted by Crippen LogP contribution is 2.25. The summed E-state index contributed by atoms with van der Waals surface area (Å²) in [6.45, 7) is 7.65. The highest BCUT2D eigenvalue weighted by Gasteiger charge is 2.41. The SMILES string of the molecule is CCC(N)(CC)CNC(=O)C(C)N1C(=O)c2ccc(C)cc2C1=O.Cl. The van der Waals surface area contributed by atoms with Gasteiger partial charge in [-0.15, -0.1) is 12.4 Å². The van der Waals surface area contributed by atoms with Crippen molar-refractivity contribution in [2.45, 2.75) is 52.1 Å². The summed E-state index contributed by atoms with van der Waals surface area (Å²) in [7, 11) is 0. The number of imide groups is 1. The molecule has 1 unspecified atom stereocenters. The van der Waals surface area contributed by atoms with E-state index in [1.807, 2.05) is 20.8 Å². The van der Waals surface area contributed by atoms with Gasteiger partial charge in [-0.25, -0.2) is 0 Å². The highest BCUT2D eigenvalue weighted by molar-refractivity contribution is 6.22. The number of amides is 3. The molecule has 25 heavy (non-hydrogen) atoms. The first-order chi connectivity index (χ1) is 11.2. The Labute approximate surface area is 154 Å². The maximum absolute atomic E-state index is 12.5. The van der Waals surface area contributed by atoms with E-state index in [1.54, 1.807) is 25.1 Å². The number of nitrogens with zero attached hydrogens (tertiary/aromatic N) is 1. The summed E-state index contributed by atoms with van der Waals surface area (Å²) in [5, 5.41) is 2.77. The number of carbonyl (C=O) groups excluding carboxylic acids is 3. The summed E-state index contributed by atoms with van der Waals surface area (Å²) in [6, 6.07) is 4.22. The largest absolute Gasteiger partial charge is 0.352 e. The quantitative estimate of drug-likeness (QED) is 0.752. The van der Waals surface area contributed by atoms with Crippen molar-refractivity contribution in [3.05, 3.63) is 34.9 Å². The van der Waals surface area contributed by atoms with Gasteiger partial charge in [-0.2, -0.15) is 0 Å². The van der Waals surface area contributed by atoms with Crippen LogP contribution in [0.2, 0.25) is 0 Å². The number of nitrogens with two attached hydrogens (primary N) is 1. The Morgan fingerprint density at radius 1 is 1.20 bits per heavy atom. The van der Waals surface area contributed by atoms with E-state index in [2.05, 4.69) is 5.32 Å². The lowest BCUT2D eigenvalue weighted by molar-refractivity contribution is -0.124. The minimum absolute atomic E-state index is 0. The molecule has 1 heterocycles. The molecule has 0 aliphatic carbocycles. The van der Waals surface area contributed by atoms with Crippen molar-refractivity contribution in [3.63, 3.8) is 0 Å². The summed E-state index contributed by atoms with van der Waals surface area (Å²) in [5.41, 5.74) is 7.30. The van der Waals surface area contributed by atoms with E-state index in [0.717, 1.165) is 23.3 Å². The highest BCUT2D eigenvalue weighted by atomic mass is 35.5. The van der Waals surface area contributed by atoms with Crippen molar-refractivity contribution < 1.29 is 14.4 Å². The third-order valence-corrected chi connectivity index (χ3v) is 4.86. The van der Waals surface area contributed by atoms with Gasteiger partial charge in [0.05, 0.1) is 11.1 Å². The zero-order valence-electron chi connectivity index (χ0n) is 15.1. The lowest BCUT2D eigenvalue weighted by atomic mass is 9.94. The molecule has 1 aliphatic rings. The summed E-state index contributed by atoms with van der Waals surface area (Å²) >= 11 is 0. The second-order valence-electron chi connectivity index (χ2n) is 6.49. The molecule has 1 aromatic carbocycles. The standard InChI is InChI=1S/C18H25N3O3.ClH/c1-5-18(19,6-2)10-20-15(22)12(4)21-16(23)13-8-7-11(3)9-14(13)17(21)24;/h7-9,12H,5-6,10,19H2,1-4H3,(H,20,22);1H. The Balaban J connectivity index is 0.00000312. The van der Waals surface area contributed by atoms with Gasteiger partial charge in [-0.05, 0) is 38.8 Å². The van der Waals surface area contributed by atoms with E-state index in [4.69, 9.17) is 5.73 Å². The molecule has 3 N–H and O–H groups in total. The maximum atomic E-state index is 12.5. The zero-order chi connectivity index (χ0) is 18.1. The summed E-state index contributed by atoms with van der Waals surface area (Å²) in [5.74, 6) is -1.23. The monoisotopic (exact) mass is 367 g/mol. The third-order valence-electron chi connectivity index (χ3n) is 4.86. The molecule has 0 saturated carbocycles. The van der Waals surface area contributed by atoms with Gasteiger partial charge in [0.1, 0.15) is 6.04 Å². The average molecular weight is 368 g/mol. The average Bonchev–Trinajstić information content (AvgIpc) is 2.82. The third kappa shape index (κ3) is 4.02. The number of rotatable bonds is 6. The van der Waals surface area contributed by atoms with Crippen molar-refractivity contribution in [1.82, 2.24) is 10.2 Å². The molecule has 0 saturated heterocycles. The van der Waals surface area contributed by atoms with Crippen molar-refractivity contribution >= 4 is 30.1 Å². The molecule has 0 bridgehead atoms. The van der Waals surface area contributed by atoms with Crippen LogP contribution >= 0.6 is 12.4 Å². The van der Waals surface area contributed by atoms with Crippen LogP contribution in [0.25, 0.3) is 0 Å². The fraction of sp³-hybridized carbons (Fsp3) is 0.500. The van der Waals surface area contributed by atoms with Gasteiger partial charge in [0, 0.05) is 12.1 Å². The molecule has 2 rings (SSSR count). The minimum atomic E-state index is -0.879. The second kappa shape index (κ2) is 7.97. The molecule has 7 heteroatoms. The molecule has 6 nitrogen and oxygen atoms in total.